The normalized spacial score (nSPS) is 17.1. The number of aromatic nitrogens is 4. The minimum Gasteiger partial charge on any atom is -0.356 e. The molecule has 3 aromatic heterocycles. The SMILES string of the molecule is CC(=O)N1CCCC(c2nc(-c3ccccn3)ncc2-c2cc(C)no2)C1. The van der Waals surface area contributed by atoms with Gasteiger partial charge in [-0.3, -0.25) is 9.78 Å². The number of aryl methyl sites for hydroxylation is 1. The lowest BCUT2D eigenvalue weighted by Gasteiger charge is -2.32. The second kappa shape index (κ2) is 7.26. The maximum absolute atomic E-state index is 11.9. The van der Waals surface area contributed by atoms with Crippen LogP contribution in [0.1, 0.15) is 37.1 Å². The minimum absolute atomic E-state index is 0.0933. The van der Waals surface area contributed by atoms with Crippen LogP contribution in [0.2, 0.25) is 0 Å². The van der Waals surface area contributed by atoms with Crippen LogP contribution in [-0.2, 0) is 4.79 Å². The molecule has 3 aromatic rings. The molecule has 138 valence electrons. The molecule has 27 heavy (non-hydrogen) atoms. The molecule has 0 bridgehead atoms. The summed E-state index contributed by atoms with van der Waals surface area (Å²) in [5.74, 6) is 1.44. The topological polar surface area (TPSA) is 85.0 Å². The first kappa shape index (κ1) is 17.3. The molecule has 1 unspecified atom stereocenters. The molecule has 0 aromatic carbocycles. The molecule has 1 aliphatic rings. The molecule has 1 atom stereocenters. The zero-order chi connectivity index (χ0) is 18.8. The highest BCUT2D eigenvalue weighted by Crippen LogP contribution is 2.34. The summed E-state index contributed by atoms with van der Waals surface area (Å²) in [5, 5.41) is 4.00. The third-order valence-electron chi connectivity index (χ3n) is 4.86. The Morgan fingerprint density at radius 2 is 2.19 bits per heavy atom. The van der Waals surface area contributed by atoms with Crippen LogP contribution in [0.4, 0.5) is 0 Å². The fourth-order valence-electron chi connectivity index (χ4n) is 3.49. The minimum atomic E-state index is 0.0933. The first-order valence-corrected chi connectivity index (χ1v) is 9.09. The van der Waals surface area contributed by atoms with Crippen molar-refractivity contribution < 1.29 is 9.32 Å². The molecule has 7 heteroatoms. The Hall–Kier alpha value is -3.09. The Labute approximate surface area is 157 Å². The van der Waals surface area contributed by atoms with Gasteiger partial charge in [0, 0.05) is 44.4 Å². The van der Waals surface area contributed by atoms with Gasteiger partial charge in [-0.25, -0.2) is 9.97 Å². The first-order valence-electron chi connectivity index (χ1n) is 9.09. The highest BCUT2D eigenvalue weighted by atomic mass is 16.5. The van der Waals surface area contributed by atoms with Crippen LogP contribution >= 0.6 is 0 Å². The molecule has 0 N–H and O–H groups in total. The molecular formula is C20H21N5O2. The van der Waals surface area contributed by atoms with Gasteiger partial charge in [0.25, 0.3) is 0 Å². The number of likely N-dealkylation sites (tertiary alicyclic amines) is 1. The van der Waals surface area contributed by atoms with Gasteiger partial charge in [-0.2, -0.15) is 0 Å². The molecular weight excluding hydrogens is 342 g/mol. The summed E-state index contributed by atoms with van der Waals surface area (Å²) < 4.78 is 5.48. The van der Waals surface area contributed by atoms with Gasteiger partial charge >= 0.3 is 0 Å². The van der Waals surface area contributed by atoms with Crippen LogP contribution in [-0.4, -0.2) is 44.0 Å². The van der Waals surface area contributed by atoms with Crippen molar-refractivity contribution in [2.24, 2.45) is 0 Å². The standard InChI is InChI=1S/C20H21N5O2/c1-13-10-18(27-24-13)16-11-22-20(17-7-3-4-8-21-17)23-19(16)15-6-5-9-25(12-15)14(2)26/h3-4,7-8,10-11,15H,5-6,9,12H2,1-2H3. The first-order chi connectivity index (χ1) is 13.1. The van der Waals surface area contributed by atoms with Gasteiger partial charge < -0.3 is 9.42 Å². The summed E-state index contributed by atoms with van der Waals surface area (Å²) in [4.78, 5) is 27.5. The van der Waals surface area contributed by atoms with Gasteiger partial charge in [0.05, 0.1) is 17.0 Å². The number of hydrogen-bond acceptors (Lipinski definition) is 6. The van der Waals surface area contributed by atoms with Crippen molar-refractivity contribution >= 4 is 5.91 Å². The van der Waals surface area contributed by atoms with Gasteiger partial charge in [0.15, 0.2) is 11.6 Å². The predicted octanol–water partition coefficient (Wildman–Crippen LogP) is 3.23. The summed E-state index contributed by atoms with van der Waals surface area (Å²) in [5.41, 5.74) is 3.23. The van der Waals surface area contributed by atoms with Gasteiger partial charge in [0.1, 0.15) is 5.69 Å². The van der Waals surface area contributed by atoms with Crippen LogP contribution < -0.4 is 0 Å². The summed E-state index contributed by atoms with van der Waals surface area (Å²) in [6.45, 7) is 4.94. The van der Waals surface area contributed by atoms with Gasteiger partial charge in [-0.05, 0) is 31.9 Å². The highest BCUT2D eigenvalue weighted by Gasteiger charge is 2.28. The Balaban J connectivity index is 1.79. The summed E-state index contributed by atoms with van der Waals surface area (Å²) >= 11 is 0. The zero-order valence-electron chi connectivity index (χ0n) is 15.4. The molecule has 1 saturated heterocycles. The van der Waals surface area contributed by atoms with E-state index in [1.54, 1.807) is 19.3 Å². The average Bonchev–Trinajstić information content (AvgIpc) is 3.14. The highest BCUT2D eigenvalue weighted by molar-refractivity contribution is 5.73. The van der Waals surface area contributed by atoms with Crippen molar-refractivity contribution in [2.45, 2.75) is 32.6 Å². The maximum Gasteiger partial charge on any atom is 0.219 e. The Morgan fingerprint density at radius 1 is 1.30 bits per heavy atom. The summed E-state index contributed by atoms with van der Waals surface area (Å²) in [7, 11) is 0. The van der Waals surface area contributed by atoms with Gasteiger partial charge in [0.2, 0.25) is 5.91 Å². The summed E-state index contributed by atoms with van der Waals surface area (Å²) in [6, 6.07) is 7.55. The number of rotatable bonds is 3. The van der Waals surface area contributed by atoms with Crippen LogP contribution in [0.25, 0.3) is 22.8 Å². The van der Waals surface area contributed by atoms with E-state index in [0.29, 0.717) is 18.1 Å². The second-order valence-corrected chi connectivity index (χ2v) is 6.84. The molecule has 4 rings (SSSR count). The van der Waals surface area contributed by atoms with Crippen LogP contribution in [0.5, 0.6) is 0 Å². The molecule has 0 spiro atoms. The van der Waals surface area contributed by atoms with Crippen molar-refractivity contribution in [3.8, 4) is 22.8 Å². The molecule has 4 heterocycles. The zero-order valence-corrected chi connectivity index (χ0v) is 15.4. The number of nitrogens with zero attached hydrogens (tertiary/aromatic N) is 5. The third-order valence-corrected chi connectivity index (χ3v) is 4.86. The molecule has 1 aliphatic heterocycles. The number of carbonyl (C=O) groups excluding carboxylic acids is 1. The monoisotopic (exact) mass is 363 g/mol. The quantitative estimate of drug-likeness (QED) is 0.710. The Bertz CT molecular complexity index is 954. The van der Waals surface area contributed by atoms with Crippen LogP contribution in [0, 0.1) is 6.92 Å². The van der Waals surface area contributed by atoms with E-state index in [-0.39, 0.29) is 11.8 Å². The van der Waals surface area contributed by atoms with Crippen molar-refractivity contribution in [2.75, 3.05) is 13.1 Å². The largest absolute Gasteiger partial charge is 0.356 e. The predicted molar refractivity (Wildman–Crippen MR) is 99.7 cm³/mol. The Morgan fingerprint density at radius 3 is 2.89 bits per heavy atom. The van der Waals surface area contributed by atoms with E-state index in [1.807, 2.05) is 36.1 Å². The molecule has 0 saturated carbocycles. The van der Waals surface area contributed by atoms with Crippen LogP contribution in [0.3, 0.4) is 0 Å². The number of piperidine rings is 1. The van der Waals surface area contributed by atoms with E-state index in [0.717, 1.165) is 42.0 Å². The number of pyridine rings is 1. The van der Waals surface area contributed by atoms with E-state index in [1.165, 1.54) is 0 Å². The molecule has 0 radical (unpaired) electrons. The van der Waals surface area contributed by atoms with E-state index < -0.39 is 0 Å². The lowest BCUT2D eigenvalue weighted by Crippen LogP contribution is -2.38. The fourth-order valence-corrected chi connectivity index (χ4v) is 3.49. The van der Waals surface area contributed by atoms with E-state index in [9.17, 15) is 4.79 Å². The fraction of sp³-hybridized carbons (Fsp3) is 0.350. The van der Waals surface area contributed by atoms with Gasteiger partial charge in [-0.15, -0.1) is 0 Å². The van der Waals surface area contributed by atoms with Crippen molar-refractivity contribution in [1.29, 1.82) is 0 Å². The molecule has 0 aliphatic carbocycles. The number of hydrogen-bond donors (Lipinski definition) is 0. The average molecular weight is 363 g/mol. The van der Waals surface area contributed by atoms with E-state index >= 15 is 0 Å². The maximum atomic E-state index is 11.9. The number of carbonyl (C=O) groups is 1. The summed E-state index contributed by atoms with van der Waals surface area (Å²) in [6.07, 6.45) is 5.41. The molecule has 7 nitrogen and oxygen atoms in total. The lowest BCUT2D eigenvalue weighted by atomic mass is 9.91. The van der Waals surface area contributed by atoms with Crippen molar-refractivity contribution in [3.05, 3.63) is 48.0 Å². The van der Waals surface area contributed by atoms with Crippen molar-refractivity contribution in [3.63, 3.8) is 0 Å². The van der Waals surface area contributed by atoms with E-state index in [2.05, 4.69) is 15.1 Å². The lowest BCUT2D eigenvalue weighted by molar-refractivity contribution is -0.130. The smallest absolute Gasteiger partial charge is 0.219 e. The Kier molecular flexibility index (Phi) is 4.66. The molecule has 1 fully saturated rings. The van der Waals surface area contributed by atoms with Gasteiger partial charge in [-0.1, -0.05) is 11.2 Å². The molecule has 1 amide bonds. The van der Waals surface area contributed by atoms with Crippen molar-refractivity contribution in [1.82, 2.24) is 25.0 Å². The van der Waals surface area contributed by atoms with Crippen LogP contribution in [0.15, 0.2) is 41.2 Å². The van der Waals surface area contributed by atoms with E-state index in [4.69, 9.17) is 9.51 Å². The third kappa shape index (κ3) is 3.58. The second-order valence-electron chi connectivity index (χ2n) is 6.84. The number of amides is 1.